The van der Waals surface area contributed by atoms with Crippen LogP contribution in [0.1, 0.15) is 44.1 Å². The van der Waals surface area contributed by atoms with Gasteiger partial charge in [0, 0.05) is 75.3 Å². The first-order chi connectivity index (χ1) is 22.4. The summed E-state index contributed by atoms with van der Waals surface area (Å²) < 4.78 is 59.8. The summed E-state index contributed by atoms with van der Waals surface area (Å²) in [5.41, 5.74) is 5.63. The number of hydrogen-bond acceptors (Lipinski definition) is 8. The van der Waals surface area contributed by atoms with Gasteiger partial charge in [-0.05, 0) is 68.5 Å². The minimum absolute atomic E-state index is 0.0175. The molecule has 2 aliphatic heterocycles. The number of anilines is 2. The zero-order valence-corrected chi connectivity index (χ0v) is 27.5. The first kappa shape index (κ1) is 34.9. The van der Waals surface area contributed by atoms with Crippen molar-refractivity contribution in [3.05, 3.63) is 47.1 Å². The predicted molar refractivity (Wildman–Crippen MR) is 173 cm³/mol. The molecule has 1 aliphatic carbocycles. The first-order valence-corrected chi connectivity index (χ1v) is 17.7. The van der Waals surface area contributed by atoms with E-state index in [1.807, 2.05) is 0 Å². The molecule has 16 heteroatoms. The number of amides is 3. The lowest BCUT2D eigenvalue weighted by Gasteiger charge is -2.36. The third-order valence-corrected chi connectivity index (χ3v) is 11.2. The van der Waals surface area contributed by atoms with Gasteiger partial charge < -0.3 is 26.2 Å². The van der Waals surface area contributed by atoms with Crippen LogP contribution in [-0.4, -0.2) is 87.8 Å². The lowest BCUT2D eigenvalue weighted by Crippen LogP contribution is -2.49. The van der Waals surface area contributed by atoms with E-state index in [4.69, 9.17) is 17.3 Å². The summed E-state index contributed by atoms with van der Waals surface area (Å²) in [6, 6.07) is 8.77. The molecule has 0 unspecified atom stereocenters. The van der Waals surface area contributed by atoms with Gasteiger partial charge in [-0.2, -0.15) is 4.31 Å². The molecule has 3 fully saturated rings. The number of nitrogens with zero attached hydrogens (tertiary/aromatic N) is 4. The Morgan fingerprint density at radius 1 is 0.979 bits per heavy atom. The molecular formula is C31H40ClF2N7O5S. The zero-order valence-electron chi connectivity index (χ0n) is 26.0. The maximum absolute atomic E-state index is 15.8. The zero-order chi connectivity index (χ0) is 33.8. The standard InChI is InChI=1S/C31H40ClF2N7O5S/c32-26-18-23(31(33,34)22-5-3-21(4-6-22)30(44)37-12-11-36-28(42)20-35)19-27(38-26)39-14-16-40(17-15-39)47(45,46)25-9-7-24(8-10-25)41-13-1-2-29(41)43/h7-10,18-19,21-22H,1-6,11-17,20,35H2,(H,36,42)(H,37,44). The molecular weight excluding hydrogens is 656 g/mol. The van der Waals surface area contributed by atoms with Crippen molar-refractivity contribution in [1.82, 2.24) is 19.9 Å². The number of nitrogens with one attached hydrogen (secondary N) is 2. The van der Waals surface area contributed by atoms with E-state index in [1.54, 1.807) is 21.9 Å². The molecule has 3 heterocycles. The highest BCUT2D eigenvalue weighted by molar-refractivity contribution is 7.89. The van der Waals surface area contributed by atoms with Crippen LogP contribution in [0.15, 0.2) is 41.3 Å². The van der Waals surface area contributed by atoms with Crippen molar-refractivity contribution in [1.29, 1.82) is 0 Å². The van der Waals surface area contributed by atoms with E-state index in [0.717, 1.165) is 6.42 Å². The summed E-state index contributed by atoms with van der Waals surface area (Å²) in [7, 11) is -3.81. The third-order valence-electron chi connectivity index (χ3n) is 9.13. The number of rotatable bonds is 11. The van der Waals surface area contributed by atoms with Gasteiger partial charge in [-0.1, -0.05) is 11.6 Å². The molecule has 4 N–H and O–H groups in total. The second kappa shape index (κ2) is 14.8. The van der Waals surface area contributed by atoms with Crippen molar-refractivity contribution in [2.75, 3.05) is 62.2 Å². The number of carbonyl (C=O) groups is 3. The molecule has 1 aromatic carbocycles. The number of aromatic nitrogens is 1. The van der Waals surface area contributed by atoms with Crippen molar-refractivity contribution in [2.24, 2.45) is 17.6 Å². The van der Waals surface area contributed by atoms with Crippen molar-refractivity contribution in [3.63, 3.8) is 0 Å². The Morgan fingerprint density at radius 3 is 2.26 bits per heavy atom. The van der Waals surface area contributed by atoms with Gasteiger partial charge in [-0.3, -0.25) is 14.4 Å². The number of benzene rings is 1. The molecule has 5 rings (SSSR count). The lowest BCUT2D eigenvalue weighted by atomic mass is 9.77. The third kappa shape index (κ3) is 8.02. The lowest BCUT2D eigenvalue weighted by molar-refractivity contribution is -0.129. The van der Waals surface area contributed by atoms with Crippen LogP contribution in [0.2, 0.25) is 5.15 Å². The number of piperazine rings is 1. The molecule has 3 amide bonds. The van der Waals surface area contributed by atoms with E-state index in [1.165, 1.54) is 28.6 Å². The van der Waals surface area contributed by atoms with Crippen molar-refractivity contribution < 1.29 is 31.6 Å². The Hall–Kier alpha value is -3.40. The molecule has 2 saturated heterocycles. The van der Waals surface area contributed by atoms with Crippen LogP contribution in [0.25, 0.3) is 0 Å². The van der Waals surface area contributed by atoms with Crippen LogP contribution in [0, 0.1) is 11.8 Å². The number of pyridine rings is 1. The Kier molecular flexibility index (Phi) is 11.0. The minimum atomic E-state index is -3.81. The van der Waals surface area contributed by atoms with Crippen molar-refractivity contribution >= 4 is 50.9 Å². The number of alkyl halides is 2. The summed E-state index contributed by atoms with van der Waals surface area (Å²) in [6.45, 7) is 1.65. The SMILES string of the molecule is NCC(=O)NCCNC(=O)C1CCC(C(F)(F)c2cc(Cl)nc(N3CCN(S(=O)(=O)c4ccc(N5CCCC5=O)cc4)CC3)c2)CC1. The van der Waals surface area contributed by atoms with E-state index >= 15 is 8.78 Å². The number of sulfonamides is 1. The maximum Gasteiger partial charge on any atom is 0.276 e. The number of hydrogen-bond donors (Lipinski definition) is 3. The molecule has 0 atom stereocenters. The monoisotopic (exact) mass is 695 g/mol. The number of nitrogens with two attached hydrogens (primary N) is 1. The van der Waals surface area contributed by atoms with Gasteiger partial charge in [-0.15, -0.1) is 0 Å². The molecule has 1 saturated carbocycles. The van der Waals surface area contributed by atoms with E-state index in [9.17, 15) is 22.8 Å². The van der Waals surface area contributed by atoms with Crippen LogP contribution in [0.3, 0.4) is 0 Å². The smallest absolute Gasteiger partial charge is 0.276 e. The quantitative estimate of drug-likeness (QED) is 0.239. The highest BCUT2D eigenvalue weighted by Gasteiger charge is 2.44. The van der Waals surface area contributed by atoms with E-state index in [-0.39, 0.29) is 104 Å². The fourth-order valence-corrected chi connectivity index (χ4v) is 8.05. The van der Waals surface area contributed by atoms with Gasteiger partial charge in [0.1, 0.15) is 11.0 Å². The highest BCUT2D eigenvalue weighted by atomic mass is 35.5. The molecule has 0 spiro atoms. The second-order valence-corrected chi connectivity index (χ2v) is 14.4. The van der Waals surface area contributed by atoms with E-state index in [0.29, 0.717) is 31.5 Å². The summed E-state index contributed by atoms with van der Waals surface area (Å²) >= 11 is 6.23. The van der Waals surface area contributed by atoms with Gasteiger partial charge in [-0.25, -0.2) is 22.2 Å². The van der Waals surface area contributed by atoms with Gasteiger partial charge >= 0.3 is 0 Å². The van der Waals surface area contributed by atoms with Gasteiger partial charge in [0.2, 0.25) is 27.7 Å². The normalized spacial score (nSPS) is 21.1. The summed E-state index contributed by atoms with van der Waals surface area (Å²) in [5, 5.41) is 5.21. The summed E-state index contributed by atoms with van der Waals surface area (Å²) in [4.78, 5) is 43.6. The van der Waals surface area contributed by atoms with E-state index in [2.05, 4.69) is 15.6 Å². The highest BCUT2D eigenvalue weighted by Crippen LogP contribution is 2.46. The fourth-order valence-electron chi connectivity index (χ4n) is 6.42. The molecule has 12 nitrogen and oxygen atoms in total. The van der Waals surface area contributed by atoms with Crippen molar-refractivity contribution in [2.45, 2.75) is 49.3 Å². The van der Waals surface area contributed by atoms with Gasteiger partial charge in [0.05, 0.1) is 11.4 Å². The Balaban J connectivity index is 1.16. The molecule has 1 aromatic heterocycles. The molecule has 256 valence electrons. The van der Waals surface area contributed by atoms with Gasteiger partial charge in [0.25, 0.3) is 5.92 Å². The number of halogens is 3. The van der Waals surface area contributed by atoms with Crippen LogP contribution < -0.4 is 26.2 Å². The summed E-state index contributed by atoms with van der Waals surface area (Å²) in [6.07, 6.45) is 2.16. The molecule has 2 aromatic rings. The fraction of sp³-hybridized carbons (Fsp3) is 0.548. The van der Waals surface area contributed by atoms with Crippen LogP contribution in [0.4, 0.5) is 20.3 Å². The van der Waals surface area contributed by atoms with Crippen LogP contribution in [0.5, 0.6) is 0 Å². The molecule has 3 aliphatic rings. The summed E-state index contributed by atoms with van der Waals surface area (Å²) in [5.74, 6) is -4.87. The molecule has 0 bridgehead atoms. The van der Waals surface area contributed by atoms with Crippen molar-refractivity contribution in [3.8, 4) is 0 Å². The average Bonchev–Trinajstić information content (AvgIpc) is 3.51. The molecule has 0 radical (unpaired) electrons. The second-order valence-electron chi connectivity index (χ2n) is 12.1. The maximum atomic E-state index is 15.8. The van der Waals surface area contributed by atoms with Gasteiger partial charge in [0.15, 0.2) is 0 Å². The van der Waals surface area contributed by atoms with Crippen LogP contribution in [-0.2, 0) is 30.3 Å². The predicted octanol–water partition coefficient (Wildman–Crippen LogP) is 2.46. The van der Waals surface area contributed by atoms with E-state index < -0.39 is 21.9 Å². The average molecular weight is 696 g/mol. The largest absolute Gasteiger partial charge is 0.354 e. The number of carbonyl (C=O) groups excluding carboxylic acids is 3. The Morgan fingerprint density at radius 2 is 1.64 bits per heavy atom. The molecule has 47 heavy (non-hydrogen) atoms. The Labute approximate surface area is 278 Å². The minimum Gasteiger partial charge on any atom is -0.354 e. The first-order valence-electron chi connectivity index (χ1n) is 15.9. The van der Waals surface area contributed by atoms with Crippen LogP contribution >= 0.6 is 11.6 Å². The topological polar surface area (TPSA) is 158 Å². The Bertz CT molecular complexity index is 1560.